The second kappa shape index (κ2) is 4.74. The minimum Gasteiger partial charge on any atom is -0.399 e. The molecule has 19 heavy (non-hydrogen) atoms. The summed E-state index contributed by atoms with van der Waals surface area (Å²) in [4.78, 5) is 8.67. The van der Waals surface area contributed by atoms with Crippen molar-refractivity contribution in [1.29, 1.82) is 0 Å². The summed E-state index contributed by atoms with van der Waals surface area (Å²) < 4.78 is 0. The molecule has 0 unspecified atom stereocenters. The summed E-state index contributed by atoms with van der Waals surface area (Å²) in [5.41, 5.74) is 7.93. The molecule has 4 nitrogen and oxygen atoms in total. The largest absolute Gasteiger partial charge is 0.399 e. The summed E-state index contributed by atoms with van der Waals surface area (Å²) >= 11 is 6.09. The van der Waals surface area contributed by atoms with Crippen LogP contribution in [0.2, 0.25) is 5.02 Å². The summed E-state index contributed by atoms with van der Waals surface area (Å²) in [7, 11) is 0. The number of aromatic nitrogens is 2. The van der Waals surface area contributed by atoms with Gasteiger partial charge in [0.05, 0.1) is 16.2 Å². The third-order valence-corrected chi connectivity index (χ3v) is 3.06. The summed E-state index contributed by atoms with van der Waals surface area (Å²) in [6.45, 7) is 0. The maximum absolute atomic E-state index is 6.09. The highest BCUT2D eigenvalue weighted by atomic mass is 35.5. The minimum atomic E-state index is 0.492. The van der Waals surface area contributed by atoms with Crippen molar-refractivity contribution in [3.05, 3.63) is 53.7 Å². The fourth-order valence-corrected chi connectivity index (χ4v) is 1.96. The standard InChI is InChI=1S/C14H11ClN4/c15-11-6-5-10(16)7-13(11)19-14-17-8-9-3-1-2-4-12(9)18-14/h1-8H,16H2,(H,17,18,19). The van der Waals surface area contributed by atoms with Gasteiger partial charge in [0, 0.05) is 17.3 Å². The molecular weight excluding hydrogens is 260 g/mol. The van der Waals surface area contributed by atoms with Gasteiger partial charge in [-0.1, -0.05) is 29.8 Å². The zero-order chi connectivity index (χ0) is 13.2. The average Bonchev–Trinajstić information content (AvgIpc) is 2.43. The van der Waals surface area contributed by atoms with Gasteiger partial charge in [-0.05, 0) is 24.3 Å². The van der Waals surface area contributed by atoms with Gasteiger partial charge in [0.1, 0.15) is 0 Å². The van der Waals surface area contributed by atoms with E-state index in [1.807, 2.05) is 24.3 Å². The van der Waals surface area contributed by atoms with E-state index in [1.165, 1.54) is 0 Å². The molecule has 0 amide bonds. The zero-order valence-electron chi connectivity index (χ0n) is 9.97. The Morgan fingerprint density at radius 3 is 2.84 bits per heavy atom. The van der Waals surface area contributed by atoms with Crippen molar-refractivity contribution < 1.29 is 0 Å². The van der Waals surface area contributed by atoms with E-state index in [1.54, 1.807) is 24.4 Å². The highest BCUT2D eigenvalue weighted by Gasteiger charge is 2.04. The lowest BCUT2D eigenvalue weighted by atomic mass is 10.2. The molecule has 2 aromatic carbocycles. The summed E-state index contributed by atoms with van der Waals surface area (Å²) in [5, 5.41) is 4.64. The first kappa shape index (κ1) is 11.7. The van der Waals surface area contributed by atoms with Gasteiger partial charge < -0.3 is 11.1 Å². The van der Waals surface area contributed by atoms with Crippen LogP contribution in [0.1, 0.15) is 0 Å². The van der Waals surface area contributed by atoms with Crippen LogP contribution in [-0.4, -0.2) is 9.97 Å². The molecule has 5 heteroatoms. The van der Waals surface area contributed by atoms with E-state index < -0.39 is 0 Å². The molecule has 0 saturated heterocycles. The van der Waals surface area contributed by atoms with Crippen molar-refractivity contribution in [1.82, 2.24) is 9.97 Å². The number of nitrogens with two attached hydrogens (primary N) is 1. The molecule has 3 rings (SSSR count). The topological polar surface area (TPSA) is 63.8 Å². The van der Waals surface area contributed by atoms with E-state index in [9.17, 15) is 0 Å². The van der Waals surface area contributed by atoms with E-state index in [0.29, 0.717) is 22.3 Å². The molecule has 0 aliphatic carbocycles. The van der Waals surface area contributed by atoms with Crippen LogP contribution in [0.5, 0.6) is 0 Å². The second-order valence-electron chi connectivity index (χ2n) is 4.12. The summed E-state index contributed by atoms with van der Waals surface area (Å²) in [6, 6.07) is 13.0. The molecule has 0 atom stereocenters. The Morgan fingerprint density at radius 1 is 1.11 bits per heavy atom. The van der Waals surface area contributed by atoms with E-state index in [0.717, 1.165) is 10.9 Å². The molecule has 94 valence electrons. The number of hydrogen-bond acceptors (Lipinski definition) is 4. The summed E-state index contributed by atoms with van der Waals surface area (Å²) in [5.74, 6) is 0.492. The number of halogens is 1. The first-order chi connectivity index (χ1) is 9.22. The van der Waals surface area contributed by atoms with Crippen molar-refractivity contribution >= 4 is 39.8 Å². The SMILES string of the molecule is Nc1ccc(Cl)c(Nc2ncc3ccccc3n2)c1. The predicted octanol–water partition coefficient (Wildman–Crippen LogP) is 3.61. The van der Waals surface area contributed by atoms with Gasteiger partial charge in [0.15, 0.2) is 0 Å². The monoisotopic (exact) mass is 270 g/mol. The molecule has 0 fully saturated rings. The Kier molecular flexibility index (Phi) is 2.93. The quantitative estimate of drug-likeness (QED) is 0.698. The third kappa shape index (κ3) is 2.44. The van der Waals surface area contributed by atoms with Crippen molar-refractivity contribution in [2.45, 2.75) is 0 Å². The van der Waals surface area contributed by atoms with E-state index in [-0.39, 0.29) is 0 Å². The number of hydrogen-bond donors (Lipinski definition) is 2. The lowest BCUT2D eigenvalue weighted by Crippen LogP contribution is -1.98. The van der Waals surface area contributed by atoms with Crippen LogP contribution in [0.3, 0.4) is 0 Å². The fraction of sp³-hybridized carbons (Fsp3) is 0. The fourth-order valence-electron chi connectivity index (χ4n) is 1.79. The average molecular weight is 271 g/mol. The maximum Gasteiger partial charge on any atom is 0.227 e. The number of benzene rings is 2. The highest BCUT2D eigenvalue weighted by Crippen LogP contribution is 2.26. The molecule has 0 bridgehead atoms. The smallest absolute Gasteiger partial charge is 0.227 e. The Labute approximate surface area is 115 Å². The zero-order valence-corrected chi connectivity index (χ0v) is 10.7. The number of nitrogens with zero attached hydrogens (tertiary/aromatic N) is 2. The van der Waals surface area contributed by atoms with Crippen LogP contribution in [-0.2, 0) is 0 Å². The third-order valence-electron chi connectivity index (χ3n) is 2.73. The van der Waals surface area contributed by atoms with Gasteiger partial charge >= 0.3 is 0 Å². The van der Waals surface area contributed by atoms with Crippen LogP contribution in [0.4, 0.5) is 17.3 Å². The molecular formula is C14H11ClN4. The van der Waals surface area contributed by atoms with E-state index in [2.05, 4.69) is 15.3 Å². The first-order valence-electron chi connectivity index (χ1n) is 5.76. The Bertz CT molecular complexity index is 742. The number of fused-ring (bicyclic) bond motifs is 1. The molecule has 3 aromatic rings. The molecule has 0 radical (unpaired) electrons. The van der Waals surface area contributed by atoms with Crippen molar-refractivity contribution in [2.24, 2.45) is 0 Å². The molecule has 0 saturated carbocycles. The van der Waals surface area contributed by atoms with Gasteiger partial charge in [-0.15, -0.1) is 0 Å². The van der Waals surface area contributed by atoms with Crippen LogP contribution >= 0.6 is 11.6 Å². The second-order valence-corrected chi connectivity index (χ2v) is 4.52. The van der Waals surface area contributed by atoms with Gasteiger partial charge in [0.25, 0.3) is 0 Å². The summed E-state index contributed by atoms with van der Waals surface area (Å²) in [6.07, 6.45) is 1.77. The number of para-hydroxylation sites is 1. The van der Waals surface area contributed by atoms with E-state index >= 15 is 0 Å². The van der Waals surface area contributed by atoms with Crippen LogP contribution in [0.15, 0.2) is 48.7 Å². The number of nitrogens with one attached hydrogen (secondary N) is 1. The van der Waals surface area contributed by atoms with Crippen molar-refractivity contribution in [3.8, 4) is 0 Å². The maximum atomic E-state index is 6.09. The van der Waals surface area contributed by atoms with Crippen LogP contribution < -0.4 is 11.1 Å². The minimum absolute atomic E-state index is 0.492. The first-order valence-corrected chi connectivity index (χ1v) is 6.14. The van der Waals surface area contributed by atoms with Crippen molar-refractivity contribution in [3.63, 3.8) is 0 Å². The number of nitrogen functional groups attached to an aromatic ring is 1. The van der Waals surface area contributed by atoms with Crippen LogP contribution in [0, 0.1) is 0 Å². The Morgan fingerprint density at radius 2 is 1.95 bits per heavy atom. The van der Waals surface area contributed by atoms with Gasteiger partial charge in [-0.3, -0.25) is 0 Å². The van der Waals surface area contributed by atoms with E-state index in [4.69, 9.17) is 17.3 Å². The molecule has 1 heterocycles. The number of anilines is 3. The lowest BCUT2D eigenvalue weighted by Gasteiger charge is -2.08. The molecule has 1 aromatic heterocycles. The predicted molar refractivity (Wildman–Crippen MR) is 78.7 cm³/mol. The van der Waals surface area contributed by atoms with Gasteiger partial charge in [-0.2, -0.15) is 0 Å². The molecule has 0 aliphatic rings. The van der Waals surface area contributed by atoms with Crippen molar-refractivity contribution in [2.75, 3.05) is 11.1 Å². The normalized spacial score (nSPS) is 10.6. The molecule has 0 spiro atoms. The molecule has 3 N–H and O–H groups in total. The highest BCUT2D eigenvalue weighted by molar-refractivity contribution is 6.33. The Balaban J connectivity index is 1.98. The number of rotatable bonds is 2. The van der Waals surface area contributed by atoms with Gasteiger partial charge in [0.2, 0.25) is 5.95 Å². The Hall–Kier alpha value is -2.33. The van der Waals surface area contributed by atoms with Crippen LogP contribution in [0.25, 0.3) is 10.9 Å². The lowest BCUT2D eigenvalue weighted by molar-refractivity contribution is 1.21. The molecule has 0 aliphatic heterocycles. The van der Waals surface area contributed by atoms with Gasteiger partial charge in [-0.25, -0.2) is 9.97 Å².